The summed E-state index contributed by atoms with van der Waals surface area (Å²) in [5.41, 5.74) is 1.52. The smallest absolute Gasteiger partial charge is 0.261 e. The molecule has 0 spiro atoms. The van der Waals surface area contributed by atoms with Crippen LogP contribution in [0.5, 0.6) is 0 Å². The summed E-state index contributed by atoms with van der Waals surface area (Å²) in [5, 5.41) is 6.21. The van der Waals surface area contributed by atoms with Crippen LogP contribution in [0.3, 0.4) is 0 Å². The van der Waals surface area contributed by atoms with E-state index in [2.05, 4.69) is 97.9 Å². The molecule has 2 heterocycles. The highest BCUT2D eigenvalue weighted by Gasteiger charge is 2.50. The summed E-state index contributed by atoms with van der Waals surface area (Å²) in [5.74, 6) is 0.767. The van der Waals surface area contributed by atoms with Crippen molar-refractivity contribution in [2.24, 2.45) is 5.92 Å². The number of likely N-dealkylation sites (tertiary alicyclic amines) is 1. The van der Waals surface area contributed by atoms with Gasteiger partial charge < -0.3 is 14.6 Å². The van der Waals surface area contributed by atoms with Gasteiger partial charge in [-0.1, -0.05) is 81.4 Å². The van der Waals surface area contributed by atoms with Crippen LogP contribution in [0, 0.1) is 5.92 Å². The SMILES string of the molecule is CC(C)(C)[Si](OCCCN1CCC2CCNC=C21)(c1ccccc1)c1ccccc1. The molecule has 160 valence electrons. The Hall–Kier alpha value is -2.04. The van der Waals surface area contributed by atoms with Gasteiger partial charge in [0.25, 0.3) is 8.32 Å². The molecule has 1 fully saturated rings. The van der Waals surface area contributed by atoms with Gasteiger partial charge in [0.05, 0.1) is 0 Å². The quantitative estimate of drug-likeness (QED) is 0.539. The van der Waals surface area contributed by atoms with Gasteiger partial charge in [-0.15, -0.1) is 0 Å². The predicted octanol–water partition coefficient (Wildman–Crippen LogP) is 4.11. The molecule has 1 N–H and O–H groups in total. The molecule has 1 atom stereocenters. The minimum atomic E-state index is -2.41. The van der Waals surface area contributed by atoms with Gasteiger partial charge in [0.15, 0.2) is 0 Å². The highest BCUT2D eigenvalue weighted by molar-refractivity contribution is 6.99. The lowest BCUT2D eigenvalue weighted by atomic mass is 10.00. The first-order valence-electron chi connectivity index (χ1n) is 11.5. The monoisotopic (exact) mass is 420 g/mol. The fourth-order valence-electron chi connectivity index (χ4n) is 5.27. The van der Waals surface area contributed by atoms with Crippen LogP contribution in [0.15, 0.2) is 72.6 Å². The maximum Gasteiger partial charge on any atom is 0.261 e. The molecule has 0 saturated carbocycles. The van der Waals surface area contributed by atoms with Gasteiger partial charge in [-0.05, 0) is 34.7 Å². The van der Waals surface area contributed by atoms with Crippen molar-refractivity contribution in [2.75, 3.05) is 26.2 Å². The Labute approximate surface area is 183 Å². The number of benzene rings is 2. The van der Waals surface area contributed by atoms with Gasteiger partial charge in [-0.25, -0.2) is 0 Å². The molecule has 2 aromatic rings. The maximum absolute atomic E-state index is 7.04. The molecule has 0 bridgehead atoms. The van der Waals surface area contributed by atoms with Crippen molar-refractivity contribution in [1.82, 2.24) is 10.2 Å². The van der Waals surface area contributed by atoms with Crippen LogP contribution in [0.2, 0.25) is 5.04 Å². The molecule has 4 rings (SSSR count). The lowest BCUT2D eigenvalue weighted by Crippen LogP contribution is -2.66. The van der Waals surface area contributed by atoms with E-state index in [1.807, 2.05) is 0 Å². The summed E-state index contributed by atoms with van der Waals surface area (Å²) in [6.45, 7) is 11.3. The zero-order chi connectivity index (χ0) is 21.0. The molecule has 0 amide bonds. The minimum absolute atomic E-state index is 0.0459. The van der Waals surface area contributed by atoms with Gasteiger partial charge in [-0.3, -0.25) is 0 Å². The molecule has 0 radical (unpaired) electrons. The Morgan fingerprint density at radius 3 is 2.20 bits per heavy atom. The van der Waals surface area contributed by atoms with Crippen LogP contribution in [-0.4, -0.2) is 39.5 Å². The lowest BCUT2D eigenvalue weighted by Gasteiger charge is -2.43. The van der Waals surface area contributed by atoms with Crippen LogP contribution in [0.25, 0.3) is 0 Å². The Morgan fingerprint density at radius 1 is 0.967 bits per heavy atom. The van der Waals surface area contributed by atoms with Crippen molar-refractivity contribution in [2.45, 2.75) is 45.1 Å². The number of hydrogen-bond donors (Lipinski definition) is 1. The average Bonchev–Trinajstić information content (AvgIpc) is 3.17. The molecule has 2 aliphatic heterocycles. The maximum atomic E-state index is 7.04. The average molecular weight is 421 g/mol. The van der Waals surface area contributed by atoms with Gasteiger partial charge in [0.2, 0.25) is 0 Å². The number of hydrogen-bond acceptors (Lipinski definition) is 3. The van der Waals surface area contributed by atoms with Crippen LogP contribution in [0.1, 0.15) is 40.0 Å². The zero-order valence-corrected chi connectivity index (χ0v) is 19.7. The molecule has 30 heavy (non-hydrogen) atoms. The van der Waals surface area contributed by atoms with Crippen molar-refractivity contribution in [3.8, 4) is 0 Å². The normalized spacial score (nSPS) is 19.2. The van der Waals surface area contributed by atoms with Crippen molar-refractivity contribution in [3.05, 3.63) is 72.6 Å². The Kier molecular flexibility index (Phi) is 6.35. The molecule has 2 aliphatic rings. The summed E-state index contributed by atoms with van der Waals surface area (Å²) >= 11 is 0. The molecular formula is C26H36N2OSi. The molecule has 4 heteroatoms. The van der Waals surface area contributed by atoms with Gasteiger partial charge >= 0.3 is 0 Å². The molecule has 2 aromatic carbocycles. The van der Waals surface area contributed by atoms with Crippen LogP contribution >= 0.6 is 0 Å². The van der Waals surface area contributed by atoms with Crippen molar-refractivity contribution in [3.63, 3.8) is 0 Å². The Morgan fingerprint density at radius 2 is 1.60 bits per heavy atom. The molecule has 0 aromatic heterocycles. The van der Waals surface area contributed by atoms with Crippen molar-refractivity contribution >= 4 is 18.7 Å². The second kappa shape index (κ2) is 8.99. The standard InChI is InChI=1S/C26H36N2OSi/c1-26(2,3)30(23-11-6-4-7-12-23,24-13-8-5-9-14-24)29-20-10-18-28-19-16-22-15-17-27-21-25(22)28/h4-9,11-14,21-22,27H,10,15-20H2,1-3H3. The second-order valence-electron chi connectivity index (χ2n) is 9.65. The first kappa shape index (κ1) is 21.2. The largest absolute Gasteiger partial charge is 0.407 e. The van der Waals surface area contributed by atoms with E-state index in [0.29, 0.717) is 0 Å². The van der Waals surface area contributed by atoms with E-state index in [1.54, 1.807) is 0 Å². The van der Waals surface area contributed by atoms with E-state index in [4.69, 9.17) is 4.43 Å². The number of fused-ring (bicyclic) bond motifs is 1. The Bertz CT molecular complexity index is 805. The number of rotatable bonds is 7. The highest BCUT2D eigenvalue weighted by atomic mass is 28.4. The van der Waals surface area contributed by atoms with Gasteiger partial charge in [0, 0.05) is 44.1 Å². The number of allylic oxidation sites excluding steroid dienone is 1. The summed E-state index contributed by atoms with van der Waals surface area (Å²) < 4.78 is 7.04. The minimum Gasteiger partial charge on any atom is -0.407 e. The van der Waals surface area contributed by atoms with Crippen LogP contribution in [0.4, 0.5) is 0 Å². The van der Waals surface area contributed by atoms with E-state index in [0.717, 1.165) is 32.0 Å². The first-order chi connectivity index (χ1) is 14.5. The second-order valence-corrected chi connectivity index (χ2v) is 14.0. The van der Waals surface area contributed by atoms with Crippen molar-refractivity contribution in [1.29, 1.82) is 0 Å². The van der Waals surface area contributed by atoms with Crippen molar-refractivity contribution < 1.29 is 4.43 Å². The van der Waals surface area contributed by atoms with E-state index in [-0.39, 0.29) is 5.04 Å². The molecule has 0 aliphatic carbocycles. The summed E-state index contributed by atoms with van der Waals surface area (Å²) in [6.07, 6.45) is 5.91. The molecule has 1 saturated heterocycles. The third kappa shape index (κ3) is 4.08. The van der Waals surface area contributed by atoms with E-state index in [1.165, 1.54) is 35.5 Å². The predicted molar refractivity (Wildman–Crippen MR) is 129 cm³/mol. The summed E-state index contributed by atoms with van der Waals surface area (Å²) in [6, 6.07) is 21.9. The fraction of sp³-hybridized carbons (Fsp3) is 0.462. The lowest BCUT2D eigenvalue weighted by molar-refractivity contribution is 0.264. The van der Waals surface area contributed by atoms with Crippen LogP contribution < -0.4 is 15.7 Å². The molecule has 1 unspecified atom stereocenters. The zero-order valence-electron chi connectivity index (χ0n) is 18.7. The third-order valence-electron chi connectivity index (χ3n) is 6.73. The third-order valence-corrected chi connectivity index (χ3v) is 11.8. The molecular weight excluding hydrogens is 384 g/mol. The van der Waals surface area contributed by atoms with E-state index >= 15 is 0 Å². The van der Waals surface area contributed by atoms with Gasteiger partial charge in [-0.2, -0.15) is 0 Å². The fourth-order valence-corrected chi connectivity index (χ4v) is 9.87. The molecule has 3 nitrogen and oxygen atoms in total. The van der Waals surface area contributed by atoms with E-state index < -0.39 is 8.32 Å². The van der Waals surface area contributed by atoms with Gasteiger partial charge in [0.1, 0.15) is 0 Å². The first-order valence-corrected chi connectivity index (χ1v) is 13.4. The topological polar surface area (TPSA) is 24.5 Å². The number of nitrogens with zero attached hydrogens (tertiary/aromatic N) is 1. The summed E-state index contributed by atoms with van der Waals surface area (Å²) in [4.78, 5) is 2.57. The highest BCUT2D eigenvalue weighted by Crippen LogP contribution is 2.37. The number of nitrogens with one attached hydrogen (secondary N) is 1. The van der Waals surface area contributed by atoms with E-state index in [9.17, 15) is 0 Å². The summed E-state index contributed by atoms with van der Waals surface area (Å²) in [7, 11) is -2.41. The van der Waals surface area contributed by atoms with Crippen LogP contribution in [-0.2, 0) is 4.43 Å². The Balaban J connectivity index is 1.53.